The van der Waals surface area contributed by atoms with E-state index in [1.165, 1.54) is 0 Å². The van der Waals surface area contributed by atoms with Gasteiger partial charge in [0.15, 0.2) is 5.82 Å². The third kappa shape index (κ3) is 2.21. The smallest absolute Gasteiger partial charge is 0.229 e. The van der Waals surface area contributed by atoms with Crippen molar-refractivity contribution in [2.45, 2.75) is 20.0 Å². The number of halogens is 1. The first-order valence-corrected chi connectivity index (χ1v) is 3.83. The van der Waals surface area contributed by atoms with Crippen molar-refractivity contribution in [3.63, 3.8) is 0 Å². The maximum atomic E-state index is 12.7. The molecule has 0 aliphatic carbocycles. The Bertz CT molecular complexity index is 360. The molecule has 72 valence electrons. The van der Waals surface area contributed by atoms with E-state index < -0.39 is 5.82 Å². The molecule has 1 heterocycles. The van der Waals surface area contributed by atoms with Crippen molar-refractivity contribution in [3.05, 3.63) is 23.4 Å². The summed E-state index contributed by atoms with van der Waals surface area (Å²) in [7, 11) is 0. The highest BCUT2D eigenvalue weighted by atomic mass is 19.1. The summed E-state index contributed by atoms with van der Waals surface area (Å²) < 4.78 is 18.3. The van der Waals surface area contributed by atoms with Gasteiger partial charge in [-0.15, -0.1) is 0 Å². The van der Waals surface area contributed by atoms with Crippen LogP contribution >= 0.6 is 0 Å². The van der Waals surface area contributed by atoms with Crippen molar-refractivity contribution in [1.82, 2.24) is 4.73 Å². The molecule has 0 spiro atoms. The van der Waals surface area contributed by atoms with Crippen molar-refractivity contribution < 1.29 is 14.3 Å². The Kier molecular flexibility index (Phi) is 2.55. The number of ether oxygens (including phenoxy) is 1. The lowest BCUT2D eigenvalue weighted by molar-refractivity contribution is 0.116. The second-order valence-corrected chi connectivity index (χ2v) is 2.88. The molecular weight excluding hydrogens is 175 g/mol. The molecule has 0 radical (unpaired) electrons. The second-order valence-electron chi connectivity index (χ2n) is 2.88. The van der Waals surface area contributed by atoms with Crippen LogP contribution in [0.5, 0.6) is 5.88 Å². The molecule has 0 fully saturated rings. The number of nitrogens with zero attached hydrogens (tertiary/aromatic N) is 1. The monoisotopic (exact) mass is 186 g/mol. The Labute approximate surface area is 74.7 Å². The summed E-state index contributed by atoms with van der Waals surface area (Å²) in [5.41, 5.74) is 0. The maximum Gasteiger partial charge on any atom is 0.229 e. The van der Waals surface area contributed by atoms with Gasteiger partial charge < -0.3 is 9.94 Å². The average Bonchev–Trinajstić information content (AvgIpc) is 1.99. The van der Waals surface area contributed by atoms with Gasteiger partial charge in [0.1, 0.15) is 0 Å². The summed E-state index contributed by atoms with van der Waals surface area (Å²) in [4.78, 5) is 0. The highest BCUT2D eigenvalue weighted by Gasteiger charge is 2.05. The Morgan fingerprint density at radius 2 is 2.23 bits per heavy atom. The van der Waals surface area contributed by atoms with E-state index in [9.17, 15) is 4.39 Å². The highest BCUT2D eigenvalue weighted by molar-refractivity contribution is 5.11. The number of hydrogen-bond acceptors (Lipinski definition) is 3. The van der Waals surface area contributed by atoms with Gasteiger partial charge in [-0.25, -0.2) is 4.39 Å². The Morgan fingerprint density at radius 3 is 2.77 bits per heavy atom. The fourth-order valence-electron chi connectivity index (χ4n) is 0.829. The summed E-state index contributed by atoms with van der Waals surface area (Å²) >= 11 is 0. The van der Waals surface area contributed by atoms with Gasteiger partial charge in [0, 0.05) is 6.07 Å². The molecule has 0 atom stereocenters. The quantitative estimate of drug-likeness (QED) is 0.680. The molecule has 13 heavy (non-hydrogen) atoms. The zero-order chi connectivity index (χ0) is 10.0. The van der Waals surface area contributed by atoms with E-state index in [-0.39, 0.29) is 17.3 Å². The number of hydrogen-bond donors (Lipinski definition) is 2. The predicted molar refractivity (Wildman–Crippen MR) is 43.2 cm³/mol. The first-order valence-electron chi connectivity index (χ1n) is 3.83. The van der Waals surface area contributed by atoms with Crippen molar-refractivity contribution in [2.24, 2.45) is 0 Å². The van der Waals surface area contributed by atoms with Gasteiger partial charge in [0.25, 0.3) is 0 Å². The molecule has 4 nitrogen and oxygen atoms in total. The molecule has 5 heteroatoms. The van der Waals surface area contributed by atoms with Gasteiger partial charge in [-0.05, 0) is 13.8 Å². The van der Waals surface area contributed by atoms with Crippen LogP contribution in [0, 0.1) is 11.2 Å². The minimum absolute atomic E-state index is 0.0569. The summed E-state index contributed by atoms with van der Waals surface area (Å²) in [6, 6.07) is 1.12. The van der Waals surface area contributed by atoms with Crippen molar-refractivity contribution in [1.29, 1.82) is 5.41 Å². The van der Waals surface area contributed by atoms with Crippen LogP contribution in [0.1, 0.15) is 13.8 Å². The lowest BCUT2D eigenvalue weighted by Gasteiger charge is -2.11. The Hall–Kier alpha value is -1.52. The molecule has 1 aromatic rings. The molecule has 0 unspecified atom stereocenters. The molecule has 0 bridgehead atoms. The molecule has 1 rings (SSSR count). The molecule has 0 amide bonds. The third-order valence-corrected chi connectivity index (χ3v) is 1.34. The molecule has 0 saturated carbocycles. The minimum Gasteiger partial charge on any atom is -0.474 e. The van der Waals surface area contributed by atoms with E-state index in [0.717, 1.165) is 12.3 Å². The van der Waals surface area contributed by atoms with Gasteiger partial charge in [-0.3, -0.25) is 5.41 Å². The van der Waals surface area contributed by atoms with Gasteiger partial charge >= 0.3 is 0 Å². The average molecular weight is 186 g/mol. The summed E-state index contributed by atoms with van der Waals surface area (Å²) in [5, 5.41) is 16.0. The number of rotatable bonds is 2. The maximum absolute atomic E-state index is 12.7. The van der Waals surface area contributed by atoms with Crippen molar-refractivity contribution in [2.75, 3.05) is 0 Å². The number of aromatic nitrogens is 1. The standard InChI is InChI=1S/C8H11FN2O2/c1-5(2)13-8-3-7(10)6(9)4-11(8)12/h3-5,10,12H,1-2H3. The van der Waals surface area contributed by atoms with Crippen LogP contribution in [0.15, 0.2) is 12.3 Å². The second kappa shape index (κ2) is 3.47. The van der Waals surface area contributed by atoms with Gasteiger partial charge in [-0.1, -0.05) is 0 Å². The van der Waals surface area contributed by atoms with Crippen LogP contribution in [0.3, 0.4) is 0 Å². The molecule has 2 N–H and O–H groups in total. The normalized spacial score (nSPS) is 10.5. The zero-order valence-electron chi connectivity index (χ0n) is 7.41. The Balaban J connectivity index is 3.09. The lowest BCUT2D eigenvalue weighted by Crippen LogP contribution is -2.16. The minimum atomic E-state index is -0.793. The first kappa shape index (κ1) is 9.57. The predicted octanol–water partition coefficient (Wildman–Crippen LogP) is 1.13. The molecular formula is C8H11FN2O2. The zero-order valence-corrected chi connectivity index (χ0v) is 7.41. The lowest BCUT2D eigenvalue weighted by atomic mass is 10.4. The molecule has 0 aromatic carbocycles. The van der Waals surface area contributed by atoms with E-state index in [1.807, 2.05) is 0 Å². The van der Waals surface area contributed by atoms with Crippen LogP contribution in [0.2, 0.25) is 0 Å². The third-order valence-electron chi connectivity index (χ3n) is 1.34. The van der Waals surface area contributed by atoms with Crippen LogP contribution in [0.4, 0.5) is 4.39 Å². The van der Waals surface area contributed by atoms with Crippen LogP contribution in [0.25, 0.3) is 0 Å². The summed E-state index contributed by atoms with van der Waals surface area (Å²) in [6.07, 6.45) is 0.656. The highest BCUT2D eigenvalue weighted by Crippen LogP contribution is 2.08. The molecule has 0 aliphatic heterocycles. The number of nitrogens with one attached hydrogen (secondary N) is 1. The molecule has 0 aliphatic rings. The van der Waals surface area contributed by atoms with Crippen LogP contribution < -0.4 is 10.1 Å². The Morgan fingerprint density at radius 1 is 1.62 bits per heavy atom. The van der Waals surface area contributed by atoms with Crippen LogP contribution in [-0.4, -0.2) is 16.0 Å². The van der Waals surface area contributed by atoms with Crippen LogP contribution in [-0.2, 0) is 0 Å². The summed E-state index contributed by atoms with van der Waals surface area (Å²) in [6.45, 7) is 3.54. The van der Waals surface area contributed by atoms with E-state index >= 15 is 0 Å². The molecule has 1 aromatic heterocycles. The molecule has 0 saturated heterocycles. The van der Waals surface area contributed by atoms with E-state index in [1.54, 1.807) is 13.8 Å². The van der Waals surface area contributed by atoms with E-state index in [2.05, 4.69) is 0 Å². The summed E-state index contributed by atoms with van der Waals surface area (Å²) in [5.74, 6) is -0.736. The van der Waals surface area contributed by atoms with Gasteiger partial charge in [0.2, 0.25) is 5.88 Å². The fourth-order valence-corrected chi connectivity index (χ4v) is 0.829. The largest absolute Gasteiger partial charge is 0.474 e. The first-order chi connectivity index (χ1) is 6.00. The van der Waals surface area contributed by atoms with E-state index in [4.69, 9.17) is 15.4 Å². The SMILES string of the molecule is CC(C)Oc1cc(=N)c(F)cn1O. The van der Waals surface area contributed by atoms with E-state index in [0.29, 0.717) is 4.73 Å². The van der Waals surface area contributed by atoms with Crippen molar-refractivity contribution in [3.8, 4) is 5.88 Å². The van der Waals surface area contributed by atoms with Gasteiger partial charge in [-0.2, -0.15) is 4.73 Å². The van der Waals surface area contributed by atoms with Crippen molar-refractivity contribution >= 4 is 0 Å². The van der Waals surface area contributed by atoms with Gasteiger partial charge in [0.05, 0.1) is 17.7 Å². The number of pyridine rings is 1. The fraction of sp³-hybridized carbons (Fsp3) is 0.375. The topological polar surface area (TPSA) is 58.2 Å².